The Balaban J connectivity index is 1.66. The van der Waals surface area contributed by atoms with Crippen LogP contribution in [0.4, 0.5) is 0 Å². The van der Waals surface area contributed by atoms with Crippen molar-refractivity contribution in [2.24, 2.45) is 10.7 Å². The minimum absolute atomic E-state index is 0.190. The highest BCUT2D eigenvalue weighted by Crippen LogP contribution is 2.30. The van der Waals surface area contributed by atoms with E-state index in [1.807, 2.05) is 10.7 Å². The Morgan fingerprint density at radius 2 is 2.36 bits per heavy atom. The summed E-state index contributed by atoms with van der Waals surface area (Å²) in [5.74, 6) is 0.877. The summed E-state index contributed by atoms with van der Waals surface area (Å²) in [7, 11) is 0. The molecule has 0 saturated heterocycles. The smallest absolute Gasteiger partial charge is 0.345 e. The Hall–Kier alpha value is -1.90. The number of allylic oxidation sites excluding steroid dienone is 2. The number of fused-ring (bicyclic) bond motifs is 1. The standard InChI is InChI=1S/C18H25N4/c1-3-4-5-6-11-22-12-10-16-15(13-22)20-18(21(16)2)17(19)14-8-7-9-14/h4,10,15H,1-2,5-9,11-13,19H2/q+1. The number of hydrogen-bond acceptors (Lipinski definition) is 3. The molecule has 22 heavy (non-hydrogen) atoms. The van der Waals surface area contributed by atoms with Gasteiger partial charge >= 0.3 is 5.84 Å². The Labute approximate surface area is 132 Å². The third-order valence-corrected chi connectivity index (χ3v) is 4.72. The average Bonchev–Trinajstić information content (AvgIpc) is 2.79. The lowest BCUT2D eigenvalue weighted by molar-refractivity contribution is -0.334. The molecular formula is C18H25N4+. The van der Waals surface area contributed by atoms with E-state index < -0.39 is 0 Å². The first-order valence-electron chi connectivity index (χ1n) is 8.13. The van der Waals surface area contributed by atoms with Crippen molar-refractivity contribution in [1.29, 1.82) is 0 Å². The number of hydrogen-bond donors (Lipinski definition) is 1. The highest BCUT2D eigenvalue weighted by atomic mass is 15.2. The number of aliphatic imine (C=N–C) groups is 1. The zero-order valence-electron chi connectivity index (χ0n) is 13.2. The van der Waals surface area contributed by atoms with E-state index in [-0.39, 0.29) is 6.04 Å². The van der Waals surface area contributed by atoms with Gasteiger partial charge in [0.05, 0.1) is 13.3 Å². The zero-order valence-corrected chi connectivity index (χ0v) is 13.2. The normalized spacial score (nSPS) is 24.1. The first kappa shape index (κ1) is 15.0. The summed E-state index contributed by atoms with van der Waals surface area (Å²) in [6.07, 6.45) is 9.90. The highest BCUT2D eigenvalue weighted by Gasteiger charge is 2.41. The van der Waals surface area contributed by atoms with E-state index >= 15 is 0 Å². The molecular weight excluding hydrogens is 272 g/mol. The topological polar surface area (TPSA) is 44.6 Å². The Morgan fingerprint density at radius 3 is 3.05 bits per heavy atom. The Kier molecular flexibility index (Phi) is 4.41. The van der Waals surface area contributed by atoms with Gasteiger partial charge in [-0.05, 0) is 56.4 Å². The van der Waals surface area contributed by atoms with Gasteiger partial charge in [0.2, 0.25) is 6.04 Å². The Morgan fingerprint density at radius 1 is 1.55 bits per heavy atom. The molecule has 2 N–H and O–H groups in total. The van der Waals surface area contributed by atoms with Crippen molar-refractivity contribution in [3.05, 3.63) is 41.4 Å². The summed E-state index contributed by atoms with van der Waals surface area (Å²) in [4.78, 5) is 7.29. The van der Waals surface area contributed by atoms with Crippen LogP contribution in [0.5, 0.6) is 0 Å². The first-order valence-corrected chi connectivity index (χ1v) is 8.13. The van der Waals surface area contributed by atoms with Crippen LogP contribution in [0.2, 0.25) is 0 Å². The molecule has 1 atom stereocenters. The number of unbranched alkanes of at least 4 members (excludes halogenated alkanes) is 1. The molecule has 3 aliphatic rings. The molecule has 2 aliphatic heterocycles. The summed E-state index contributed by atoms with van der Waals surface area (Å²) >= 11 is 0. The molecule has 2 heterocycles. The largest absolute Gasteiger partial charge is 0.392 e. The number of amidine groups is 1. The maximum absolute atomic E-state index is 6.29. The third-order valence-electron chi connectivity index (χ3n) is 4.72. The molecule has 1 aliphatic carbocycles. The van der Waals surface area contributed by atoms with Gasteiger partial charge in [-0.1, -0.05) is 11.6 Å². The average molecular weight is 297 g/mol. The molecule has 0 radical (unpaired) electrons. The van der Waals surface area contributed by atoms with Gasteiger partial charge < -0.3 is 5.73 Å². The maximum Gasteiger partial charge on any atom is 0.345 e. The van der Waals surface area contributed by atoms with Gasteiger partial charge in [0.25, 0.3) is 0 Å². The van der Waals surface area contributed by atoms with E-state index in [9.17, 15) is 0 Å². The minimum Gasteiger partial charge on any atom is -0.392 e. The van der Waals surface area contributed by atoms with Crippen molar-refractivity contribution < 1.29 is 4.58 Å². The van der Waals surface area contributed by atoms with E-state index in [2.05, 4.69) is 30.0 Å². The predicted molar refractivity (Wildman–Crippen MR) is 91.1 cm³/mol. The second kappa shape index (κ2) is 6.47. The summed E-state index contributed by atoms with van der Waals surface area (Å²) in [5, 5.41) is 0. The second-order valence-electron chi connectivity index (χ2n) is 6.21. The third kappa shape index (κ3) is 2.85. The lowest BCUT2D eigenvalue weighted by Crippen LogP contribution is -2.37. The molecule has 0 aromatic heterocycles. The van der Waals surface area contributed by atoms with Crippen molar-refractivity contribution in [3.63, 3.8) is 0 Å². The van der Waals surface area contributed by atoms with Gasteiger partial charge in [-0.25, -0.2) is 4.58 Å². The first-order chi connectivity index (χ1) is 10.7. The van der Waals surface area contributed by atoms with Crippen LogP contribution in [0, 0.1) is 0 Å². The number of nitrogens with zero attached hydrogens (tertiary/aromatic N) is 3. The molecule has 0 aromatic rings. The summed E-state index contributed by atoms with van der Waals surface area (Å²) in [5.41, 5.74) is 12.5. The van der Waals surface area contributed by atoms with Crippen molar-refractivity contribution in [2.75, 3.05) is 19.6 Å². The fraction of sp³-hybridized carbons (Fsp3) is 0.500. The summed E-state index contributed by atoms with van der Waals surface area (Å²) < 4.78 is 1.95. The van der Waals surface area contributed by atoms with E-state index in [1.54, 1.807) is 0 Å². The van der Waals surface area contributed by atoms with Gasteiger partial charge in [-0.2, -0.15) is 0 Å². The van der Waals surface area contributed by atoms with E-state index in [0.29, 0.717) is 0 Å². The van der Waals surface area contributed by atoms with Crippen molar-refractivity contribution in [3.8, 4) is 0 Å². The van der Waals surface area contributed by atoms with Crippen molar-refractivity contribution in [1.82, 2.24) is 4.90 Å². The minimum atomic E-state index is 0.190. The second-order valence-corrected chi connectivity index (χ2v) is 6.21. The van der Waals surface area contributed by atoms with Crippen LogP contribution >= 0.6 is 0 Å². The fourth-order valence-electron chi connectivity index (χ4n) is 3.21. The quantitative estimate of drug-likeness (QED) is 0.480. The molecule has 4 nitrogen and oxygen atoms in total. The highest BCUT2D eigenvalue weighted by molar-refractivity contribution is 5.95. The summed E-state index contributed by atoms with van der Waals surface area (Å²) in [6, 6.07) is 0.190. The number of rotatable bonds is 5. The fourth-order valence-corrected chi connectivity index (χ4v) is 3.21. The van der Waals surface area contributed by atoms with E-state index in [0.717, 1.165) is 56.9 Å². The van der Waals surface area contributed by atoms with Crippen molar-refractivity contribution in [2.45, 2.75) is 38.1 Å². The maximum atomic E-state index is 6.29. The summed E-state index contributed by atoms with van der Waals surface area (Å²) in [6.45, 7) is 10.8. The van der Waals surface area contributed by atoms with E-state index in [1.165, 1.54) is 17.7 Å². The molecule has 0 spiro atoms. The lowest BCUT2D eigenvalue weighted by Gasteiger charge is -2.24. The van der Waals surface area contributed by atoms with Gasteiger partial charge in [0.15, 0.2) is 5.70 Å². The van der Waals surface area contributed by atoms with Gasteiger partial charge in [0.1, 0.15) is 5.70 Å². The van der Waals surface area contributed by atoms with E-state index in [4.69, 9.17) is 10.7 Å². The predicted octanol–water partition coefficient (Wildman–Crippen LogP) is 2.20. The molecule has 0 amide bonds. The van der Waals surface area contributed by atoms with Crippen molar-refractivity contribution >= 4 is 12.6 Å². The van der Waals surface area contributed by atoms with Crippen LogP contribution in [0.1, 0.15) is 32.1 Å². The van der Waals surface area contributed by atoms with Gasteiger partial charge in [-0.15, -0.1) is 5.73 Å². The van der Waals surface area contributed by atoms with Gasteiger partial charge in [0, 0.05) is 6.54 Å². The lowest BCUT2D eigenvalue weighted by atomic mass is 9.90. The molecule has 116 valence electrons. The van der Waals surface area contributed by atoms with Crippen LogP contribution in [0.3, 0.4) is 0 Å². The number of nitrogens with two attached hydrogens (primary N) is 1. The van der Waals surface area contributed by atoms with Crippen LogP contribution in [0.15, 0.2) is 46.4 Å². The molecule has 0 aromatic carbocycles. The molecule has 0 bridgehead atoms. The zero-order chi connectivity index (χ0) is 15.5. The molecule has 1 fully saturated rings. The molecule has 1 saturated carbocycles. The van der Waals surface area contributed by atoms with Gasteiger partial charge in [-0.3, -0.25) is 4.90 Å². The van der Waals surface area contributed by atoms with Crippen LogP contribution in [0.25, 0.3) is 0 Å². The Bertz CT molecular complexity index is 611. The molecule has 1 unspecified atom stereocenters. The van der Waals surface area contributed by atoms with Crippen LogP contribution < -0.4 is 5.73 Å². The molecule has 4 heteroatoms. The van der Waals surface area contributed by atoms with Crippen LogP contribution in [-0.2, 0) is 0 Å². The monoisotopic (exact) mass is 297 g/mol. The SMILES string of the molecule is C=C=CCCCN1CC=C2C(C1)N=C(C(N)=C1CCC1)[N+]2=C. The van der Waals surface area contributed by atoms with Crippen LogP contribution in [-0.4, -0.2) is 47.7 Å². The molecule has 3 rings (SSSR count).